The monoisotopic (exact) mass is 252 g/mol. The highest BCUT2D eigenvalue weighted by atomic mass is 16.3. The van der Waals surface area contributed by atoms with Gasteiger partial charge in [-0.3, -0.25) is 16.0 Å². The zero-order valence-electron chi connectivity index (χ0n) is 10.6. The van der Waals surface area contributed by atoms with Gasteiger partial charge in [-0.15, -0.1) is 0 Å². The van der Waals surface area contributed by atoms with Gasteiger partial charge >= 0.3 is 6.03 Å². The third-order valence-corrected chi connectivity index (χ3v) is 2.32. The number of anilines is 1. The Labute approximate surface area is 107 Å². The molecule has 100 valence electrons. The highest BCUT2D eigenvalue weighted by Crippen LogP contribution is 2.05. The number of hydrogen-bond donors (Lipinski definition) is 4. The van der Waals surface area contributed by atoms with E-state index in [-0.39, 0.29) is 12.0 Å². The Morgan fingerprint density at radius 2 is 2.22 bits per heavy atom. The molecular weight excluding hydrogens is 232 g/mol. The SMILES string of the molecule is CCCCCCNC(=O)NC(=N)Nc1ccco1. The van der Waals surface area contributed by atoms with Gasteiger partial charge in [-0.1, -0.05) is 26.2 Å². The largest absolute Gasteiger partial charge is 0.449 e. The van der Waals surface area contributed by atoms with Crippen molar-refractivity contribution in [2.45, 2.75) is 32.6 Å². The van der Waals surface area contributed by atoms with E-state index in [0.29, 0.717) is 12.4 Å². The van der Waals surface area contributed by atoms with Crippen molar-refractivity contribution in [2.24, 2.45) is 0 Å². The van der Waals surface area contributed by atoms with Crippen molar-refractivity contribution < 1.29 is 9.21 Å². The normalized spacial score (nSPS) is 9.83. The Kier molecular flexibility index (Phi) is 6.38. The molecule has 0 bridgehead atoms. The number of hydrogen-bond acceptors (Lipinski definition) is 3. The lowest BCUT2D eigenvalue weighted by molar-refractivity contribution is 0.245. The van der Waals surface area contributed by atoms with E-state index in [2.05, 4.69) is 22.9 Å². The van der Waals surface area contributed by atoms with E-state index in [4.69, 9.17) is 9.83 Å². The van der Waals surface area contributed by atoms with Crippen LogP contribution < -0.4 is 16.0 Å². The number of carbonyl (C=O) groups is 1. The number of nitrogens with one attached hydrogen (secondary N) is 4. The summed E-state index contributed by atoms with van der Waals surface area (Å²) >= 11 is 0. The summed E-state index contributed by atoms with van der Waals surface area (Å²) < 4.78 is 4.99. The Balaban J connectivity index is 2.10. The van der Waals surface area contributed by atoms with Gasteiger partial charge in [0, 0.05) is 12.6 Å². The molecule has 0 atom stereocenters. The average molecular weight is 252 g/mol. The Bertz CT molecular complexity index is 362. The molecule has 0 aromatic carbocycles. The van der Waals surface area contributed by atoms with Gasteiger partial charge in [-0.05, 0) is 12.5 Å². The van der Waals surface area contributed by atoms with Crippen LogP contribution >= 0.6 is 0 Å². The highest BCUT2D eigenvalue weighted by Gasteiger charge is 2.04. The van der Waals surface area contributed by atoms with E-state index in [1.54, 1.807) is 12.1 Å². The number of rotatable bonds is 6. The molecule has 1 heterocycles. The molecule has 0 aliphatic rings. The lowest BCUT2D eigenvalue weighted by atomic mass is 10.2. The Morgan fingerprint density at radius 1 is 1.39 bits per heavy atom. The minimum atomic E-state index is -0.379. The minimum absolute atomic E-state index is 0.115. The van der Waals surface area contributed by atoms with Gasteiger partial charge in [0.25, 0.3) is 0 Å². The third-order valence-electron chi connectivity index (χ3n) is 2.32. The fourth-order valence-electron chi connectivity index (χ4n) is 1.42. The topological polar surface area (TPSA) is 90.2 Å². The molecule has 0 saturated heterocycles. The summed E-state index contributed by atoms with van der Waals surface area (Å²) in [6, 6.07) is 2.98. The number of furan rings is 1. The standard InChI is InChI=1S/C12H20N4O2/c1-2-3-4-5-8-14-12(17)16-11(13)15-10-7-6-9-18-10/h6-7,9H,2-5,8H2,1H3,(H4,13,14,15,16,17). The van der Waals surface area contributed by atoms with Crippen LogP contribution in [-0.2, 0) is 0 Å². The number of carbonyl (C=O) groups excluding carboxylic acids is 1. The Morgan fingerprint density at radius 3 is 2.89 bits per heavy atom. The van der Waals surface area contributed by atoms with Crippen molar-refractivity contribution in [1.29, 1.82) is 5.41 Å². The first-order valence-electron chi connectivity index (χ1n) is 6.16. The maximum Gasteiger partial charge on any atom is 0.321 e. The molecule has 0 radical (unpaired) electrons. The number of amides is 2. The van der Waals surface area contributed by atoms with Crippen LogP contribution in [0, 0.1) is 5.41 Å². The average Bonchev–Trinajstić information content (AvgIpc) is 2.81. The lowest BCUT2D eigenvalue weighted by Gasteiger charge is -2.08. The molecule has 0 aliphatic carbocycles. The van der Waals surface area contributed by atoms with Crippen molar-refractivity contribution in [3.8, 4) is 0 Å². The van der Waals surface area contributed by atoms with Crippen LogP contribution in [0.1, 0.15) is 32.6 Å². The number of urea groups is 1. The third kappa shape index (κ3) is 5.93. The molecular formula is C12H20N4O2. The maximum absolute atomic E-state index is 11.4. The lowest BCUT2D eigenvalue weighted by Crippen LogP contribution is -2.42. The summed E-state index contributed by atoms with van der Waals surface area (Å²) in [5.74, 6) is 0.305. The van der Waals surface area contributed by atoms with Crippen LogP contribution in [0.5, 0.6) is 0 Å². The Hall–Kier alpha value is -1.98. The summed E-state index contributed by atoms with van der Waals surface area (Å²) in [4.78, 5) is 11.4. The van der Waals surface area contributed by atoms with E-state index < -0.39 is 0 Å². The van der Waals surface area contributed by atoms with E-state index in [1.165, 1.54) is 19.1 Å². The van der Waals surface area contributed by atoms with Crippen LogP contribution in [-0.4, -0.2) is 18.5 Å². The van der Waals surface area contributed by atoms with Crippen LogP contribution in [0.15, 0.2) is 22.8 Å². The summed E-state index contributed by atoms with van der Waals surface area (Å²) in [5, 5.41) is 15.2. The molecule has 0 fully saturated rings. The molecule has 1 rings (SSSR count). The predicted molar refractivity (Wildman–Crippen MR) is 70.7 cm³/mol. The molecule has 0 saturated carbocycles. The smallest absolute Gasteiger partial charge is 0.321 e. The number of guanidine groups is 1. The van der Waals surface area contributed by atoms with Crippen LogP contribution in [0.25, 0.3) is 0 Å². The maximum atomic E-state index is 11.4. The molecule has 1 aromatic heterocycles. The van der Waals surface area contributed by atoms with Gasteiger partial charge < -0.3 is 9.73 Å². The minimum Gasteiger partial charge on any atom is -0.449 e. The first-order valence-corrected chi connectivity index (χ1v) is 6.16. The van der Waals surface area contributed by atoms with Crippen molar-refractivity contribution in [3.63, 3.8) is 0 Å². The summed E-state index contributed by atoms with van der Waals surface area (Å²) in [6.45, 7) is 2.77. The van der Waals surface area contributed by atoms with Crippen LogP contribution in [0.4, 0.5) is 10.7 Å². The predicted octanol–water partition coefficient (Wildman–Crippen LogP) is 2.51. The summed E-state index contributed by atoms with van der Waals surface area (Å²) in [7, 11) is 0. The van der Waals surface area contributed by atoms with Gasteiger partial charge in [-0.25, -0.2) is 4.79 Å². The second-order valence-electron chi connectivity index (χ2n) is 3.92. The zero-order valence-corrected chi connectivity index (χ0v) is 10.6. The van der Waals surface area contributed by atoms with Crippen LogP contribution in [0.2, 0.25) is 0 Å². The summed E-state index contributed by atoms with van der Waals surface area (Å²) in [5.41, 5.74) is 0. The molecule has 6 nitrogen and oxygen atoms in total. The van der Waals surface area contributed by atoms with Gasteiger partial charge in [0.1, 0.15) is 0 Å². The van der Waals surface area contributed by atoms with Gasteiger partial charge in [0.05, 0.1) is 6.26 Å². The van der Waals surface area contributed by atoms with Crippen molar-refractivity contribution >= 4 is 17.9 Å². The molecule has 4 N–H and O–H groups in total. The fraction of sp³-hybridized carbons (Fsp3) is 0.500. The molecule has 0 unspecified atom stereocenters. The number of unbranched alkanes of at least 4 members (excludes halogenated alkanes) is 3. The van der Waals surface area contributed by atoms with E-state index in [1.807, 2.05) is 0 Å². The fourth-order valence-corrected chi connectivity index (χ4v) is 1.42. The molecule has 1 aromatic rings. The first kappa shape index (κ1) is 14.1. The van der Waals surface area contributed by atoms with E-state index >= 15 is 0 Å². The van der Waals surface area contributed by atoms with Crippen molar-refractivity contribution in [3.05, 3.63) is 18.4 Å². The quantitative estimate of drug-likeness (QED) is 0.356. The molecule has 2 amide bonds. The molecule has 18 heavy (non-hydrogen) atoms. The molecule has 0 aliphatic heterocycles. The second-order valence-corrected chi connectivity index (χ2v) is 3.92. The van der Waals surface area contributed by atoms with Crippen molar-refractivity contribution in [1.82, 2.24) is 10.6 Å². The van der Waals surface area contributed by atoms with Crippen molar-refractivity contribution in [2.75, 3.05) is 11.9 Å². The van der Waals surface area contributed by atoms with E-state index in [9.17, 15) is 4.79 Å². The van der Waals surface area contributed by atoms with Gasteiger partial charge in [0.2, 0.25) is 5.96 Å². The van der Waals surface area contributed by atoms with Gasteiger partial charge in [-0.2, -0.15) is 0 Å². The van der Waals surface area contributed by atoms with E-state index in [0.717, 1.165) is 12.8 Å². The second kappa shape index (κ2) is 8.16. The van der Waals surface area contributed by atoms with Gasteiger partial charge in [0.15, 0.2) is 5.88 Å². The molecule has 0 spiro atoms. The highest BCUT2D eigenvalue weighted by molar-refractivity contribution is 6.01. The summed E-state index contributed by atoms with van der Waals surface area (Å²) in [6.07, 6.45) is 5.91. The zero-order chi connectivity index (χ0) is 13.2. The van der Waals surface area contributed by atoms with Crippen LogP contribution in [0.3, 0.4) is 0 Å². The molecule has 6 heteroatoms. The first-order chi connectivity index (χ1) is 8.72.